The summed E-state index contributed by atoms with van der Waals surface area (Å²) in [6, 6.07) is 3.82. The monoisotopic (exact) mass is 341 g/mol. The number of nitrogens with zero attached hydrogens (tertiary/aromatic N) is 5. The second kappa shape index (κ2) is 8.25. The lowest BCUT2D eigenvalue weighted by Gasteiger charge is -2.32. The van der Waals surface area contributed by atoms with E-state index >= 15 is 0 Å². The molecule has 2 aromatic rings. The van der Waals surface area contributed by atoms with Crippen LogP contribution in [0.5, 0.6) is 0 Å². The molecule has 0 aliphatic carbocycles. The Morgan fingerprint density at radius 2 is 1.92 bits per heavy atom. The van der Waals surface area contributed by atoms with Gasteiger partial charge in [-0.2, -0.15) is 0 Å². The normalized spacial score (nSPS) is 15.7. The number of carbonyl (C=O) groups excluding carboxylic acids is 1. The van der Waals surface area contributed by atoms with Gasteiger partial charge in [0, 0.05) is 56.9 Å². The molecule has 0 spiro atoms. The number of hydrogen-bond donors (Lipinski definition) is 0. The van der Waals surface area contributed by atoms with Gasteiger partial charge in [-0.05, 0) is 44.6 Å². The highest BCUT2D eigenvalue weighted by Gasteiger charge is 2.26. The highest BCUT2D eigenvalue weighted by atomic mass is 16.2. The zero-order chi connectivity index (χ0) is 17.6. The first-order chi connectivity index (χ1) is 12.1. The summed E-state index contributed by atoms with van der Waals surface area (Å²) in [6.45, 7) is 3.60. The zero-order valence-corrected chi connectivity index (χ0v) is 15.1. The van der Waals surface area contributed by atoms with E-state index in [0.29, 0.717) is 12.3 Å². The number of likely N-dealkylation sites (tertiary alicyclic amines) is 1. The molecule has 0 saturated carbocycles. The van der Waals surface area contributed by atoms with Crippen molar-refractivity contribution in [3.63, 3.8) is 0 Å². The van der Waals surface area contributed by atoms with Gasteiger partial charge < -0.3 is 14.4 Å². The minimum absolute atomic E-state index is 0.209. The molecule has 0 N–H and O–H groups in total. The molecule has 0 bridgehead atoms. The first kappa shape index (κ1) is 17.6. The Labute approximate surface area is 149 Å². The maximum absolute atomic E-state index is 12.5. The summed E-state index contributed by atoms with van der Waals surface area (Å²) < 4.78 is 2.26. The van der Waals surface area contributed by atoms with E-state index in [1.165, 1.54) is 5.82 Å². The second-order valence-corrected chi connectivity index (χ2v) is 6.97. The zero-order valence-electron chi connectivity index (χ0n) is 15.1. The number of carbonyl (C=O) groups is 1. The first-order valence-electron chi connectivity index (χ1n) is 8.96. The van der Waals surface area contributed by atoms with Crippen molar-refractivity contribution >= 4 is 5.91 Å². The topological polar surface area (TPSA) is 54.3 Å². The molecule has 1 fully saturated rings. The third kappa shape index (κ3) is 4.66. The summed E-state index contributed by atoms with van der Waals surface area (Å²) in [5, 5.41) is 0. The third-order valence-corrected chi connectivity index (χ3v) is 4.85. The Balaban J connectivity index is 1.53. The molecule has 25 heavy (non-hydrogen) atoms. The molecule has 134 valence electrons. The summed E-state index contributed by atoms with van der Waals surface area (Å²) in [4.78, 5) is 25.2. The molecule has 6 nitrogen and oxygen atoms in total. The van der Waals surface area contributed by atoms with Crippen LogP contribution in [0.3, 0.4) is 0 Å². The Hall–Kier alpha value is -2.21. The number of aromatic nitrogens is 3. The average Bonchev–Trinajstić information content (AvgIpc) is 3.09. The van der Waals surface area contributed by atoms with Crippen molar-refractivity contribution in [1.82, 2.24) is 24.3 Å². The van der Waals surface area contributed by atoms with Crippen LogP contribution in [-0.2, 0) is 17.8 Å². The fourth-order valence-corrected chi connectivity index (χ4v) is 3.35. The fraction of sp³-hybridized carbons (Fsp3) is 0.526. The van der Waals surface area contributed by atoms with Crippen molar-refractivity contribution in [2.24, 2.45) is 0 Å². The van der Waals surface area contributed by atoms with Gasteiger partial charge in [0.1, 0.15) is 5.82 Å². The Bertz CT molecular complexity index is 674. The summed E-state index contributed by atoms with van der Waals surface area (Å²) in [7, 11) is 4.17. The molecule has 0 unspecified atom stereocenters. The number of hydrogen-bond acceptors (Lipinski definition) is 4. The Kier molecular flexibility index (Phi) is 5.81. The SMILES string of the molecule is CN(C)CCn1ccnc1C1CCN(C(=O)Cc2ccncc2)CC1. The van der Waals surface area contributed by atoms with Crippen molar-refractivity contribution in [2.45, 2.75) is 31.7 Å². The summed E-state index contributed by atoms with van der Waals surface area (Å²) >= 11 is 0. The van der Waals surface area contributed by atoms with E-state index in [2.05, 4.69) is 39.7 Å². The van der Waals surface area contributed by atoms with Gasteiger partial charge in [0.25, 0.3) is 0 Å². The molecular weight excluding hydrogens is 314 g/mol. The number of amides is 1. The highest BCUT2D eigenvalue weighted by molar-refractivity contribution is 5.78. The van der Waals surface area contributed by atoms with E-state index in [4.69, 9.17) is 0 Å². The van der Waals surface area contributed by atoms with Crippen molar-refractivity contribution < 1.29 is 4.79 Å². The predicted octanol–water partition coefficient (Wildman–Crippen LogP) is 1.79. The number of rotatable bonds is 6. The van der Waals surface area contributed by atoms with Crippen molar-refractivity contribution in [3.05, 3.63) is 48.3 Å². The van der Waals surface area contributed by atoms with Gasteiger partial charge in [-0.1, -0.05) is 0 Å². The van der Waals surface area contributed by atoms with Crippen LogP contribution in [0.2, 0.25) is 0 Å². The maximum Gasteiger partial charge on any atom is 0.226 e. The third-order valence-electron chi connectivity index (χ3n) is 4.85. The molecule has 1 saturated heterocycles. The Morgan fingerprint density at radius 1 is 1.20 bits per heavy atom. The molecule has 0 aromatic carbocycles. The Morgan fingerprint density at radius 3 is 2.60 bits per heavy atom. The van der Waals surface area contributed by atoms with Crippen LogP contribution in [-0.4, -0.2) is 64.0 Å². The molecule has 1 aliphatic rings. The molecule has 3 rings (SSSR count). The standard InChI is InChI=1S/C19H27N5O/c1-22(2)13-14-24-12-9-21-19(24)17-5-10-23(11-6-17)18(25)15-16-3-7-20-8-4-16/h3-4,7-9,12,17H,5-6,10-11,13-15H2,1-2H3. The molecule has 1 amide bonds. The van der Waals surface area contributed by atoms with E-state index < -0.39 is 0 Å². The quantitative estimate of drug-likeness (QED) is 0.804. The van der Waals surface area contributed by atoms with Crippen LogP contribution in [0.15, 0.2) is 36.9 Å². The van der Waals surface area contributed by atoms with Gasteiger partial charge in [-0.3, -0.25) is 9.78 Å². The molecule has 2 aromatic heterocycles. The minimum atomic E-state index is 0.209. The van der Waals surface area contributed by atoms with E-state index in [-0.39, 0.29) is 5.91 Å². The largest absolute Gasteiger partial charge is 0.342 e. The molecule has 1 aliphatic heterocycles. The van der Waals surface area contributed by atoms with E-state index in [1.54, 1.807) is 12.4 Å². The lowest BCUT2D eigenvalue weighted by molar-refractivity contribution is -0.131. The lowest BCUT2D eigenvalue weighted by Crippen LogP contribution is -2.39. The fourth-order valence-electron chi connectivity index (χ4n) is 3.35. The van der Waals surface area contributed by atoms with Gasteiger partial charge >= 0.3 is 0 Å². The van der Waals surface area contributed by atoms with Crippen molar-refractivity contribution in [1.29, 1.82) is 0 Å². The number of piperidine rings is 1. The lowest BCUT2D eigenvalue weighted by atomic mass is 9.95. The van der Waals surface area contributed by atoms with Crippen molar-refractivity contribution in [2.75, 3.05) is 33.7 Å². The van der Waals surface area contributed by atoms with Crippen LogP contribution < -0.4 is 0 Å². The van der Waals surface area contributed by atoms with Crippen LogP contribution in [0, 0.1) is 0 Å². The van der Waals surface area contributed by atoms with E-state index in [0.717, 1.165) is 44.6 Å². The van der Waals surface area contributed by atoms with Crippen LogP contribution in [0.4, 0.5) is 0 Å². The van der Waals surface area contributed by atoms with E-state index in [9.17, 15) is 4.79 Å². The first-order valence-corrected chi connectivity index (χ1v) is 8.96. The molecular formula is C19H27N5O. The number of pyridine rings is 1. The van der Waals surface area contributed by atoms with Gasteiger partial charge in [0.2, 0.25) is 5.91 Å². The molecule has 0 atom stereocenters. The van der Waals surface area contributed by atoms with Gasteiger partial charge in [-0.25, -0.2) is 4.98 Å². The number of imidazole rings is 1. The van der Waals surface area contributed by atoms with Gasteiger partial charge in [-0.15, -0.1) is 0 Å². The maximum atomic E-state index is 12.5. The smallest absolute Gasteiger partial charge is 0.226 e. The second-order valence-electron chi connectivity index (χ2n) is 6.97. The average molecular weight is 341 g/mol. The van der Waals surface area contributed by atoms with Gasteiger partial charge in [0.15, 0.2) is 0 Å². The summed E-state index contributed by atoms with van der Waals surface area (Å²) in [5.74, 6) is 1.82. The summed E-state index contributed by atoms with van der Waals surface area (Å²) in [6.07, 6.45) is 9.88. The predicted molar refractivity (Wildman–Crippen MR) is 97.3 cm³/mol. The molecule has 6 heteroatoms. The number of likely N-dealkylation sites (N-methyl/N-ethyl adjacent to an activating group) is 1. The summed E-state index contributed by atoms with van der Waals surface area (Å²) in [5.41, 5.74) is 1.03. The highest BCUT2D eigenvalue weighted by Crippen LogP contribution is 2.27. The van der Waals surface area contributed by atoms with Crippen molar-refractivity contribution in [3.8, 4) is 0 Å². The molecule has 3 heterocycles. The minimum Gasteiger partial charge on any atom is -0.342 e. The van der Waals surface area contributed by atoms with E-state index in [1.807, 2.05) is 23.2 Å². The van der Waals surface area contributed by atoms with Gasteiger partial charge in [0.05, 0.1) is 6.42 Å². The molecule has 0 radical (unpaired) electrons. The van der Waals surface area contributed by atoms with Crippen LogP contribution in [0.1, 0.15) is 30.1 Å². The van der Waals surface area contributed by atoms with Crippen LogP contribution in [0.25, 0.3) is 0 Å². The van der Waals surface area contributed by atoms with Crippen LogP contribution >= 0.6 is 0 Å².